The Labute approximate surface area is 193 Å². The van der Waals surface area contributed by atoms with Gasteiger partial charge in [0.05, 0.1) is 23.8 Å². The minimum Gasteiger partial charge on any atom is -0.494 e. The number of hydrogen-bond acceptors (Lipinski definition) is 4. The number of nitrogens with zero attached hydrogens (tertiary/aromatic N) is 1. The summed E-state index contributed by atoms with van der Waals surface area (Å²) in [6, 6.07) is 23.9. The van der Waals surface area contributed by atoms with E-state index in [1.54, 1.807) is 24.3 Å². The lowest BCUT2D eigenvalue weighted by Gasteiger charge is -2.21. The van der Waals surface area contributed by atoms with E-state index in [9.17, 15) is 14.4 Å². The number of benzene rings is 3. The van der Waals surface area contributed by atoms with E-state index >= 15 is 0 Å². The summed E-state index contributed by atoms with van der Waals surface area (Å²) in [5.74, 6) is 0.0368. The van der Waals surface area contributed by atoms with E-state index in [2.05, 4.69) is 5.32 Å². The quantitative estimate of drug-likeness (QED) is 0.500. The highest BCUT2D eigenvalue weighted by molar-refractivity contribution is 6.21. The Bertz CT molecular complexity index is 1110. The van der Waals surface area contributed by atoms with Crippen molar-refractivity contribution in [2.45, 2.75) is 25.8 Å². The lowest BCUT2D eigenvalue weighted by atomic mass is 9.98. The largest absolute Gasteiger partial charge is 0.494 e. The van der Waals surface area contributed by atoms with Crippen molar-refractivity contribution in [2.24, 2.45) is 0 Å². The van der Waals surface area contributed by atoms with Crippen LogP contribution in [0.1, 0.15) is 57.7 Å². The Kier molecular flexibility index (Phi) is 6.83. The van der Waals surface area contributed by atoms with Crippen molar-refractivity contribution in [2.75, 3.05) is 13.2 Å². The van der Waals surface area contributed by atoms with Crippen LogP contribution in [0.25, 0.3) is 0 Å². The van der Waals surface area contributed by atoms with Gasteiger partial charge in [-0.1, -0.05) is 54.6 Å². The van der Waals surface area contributed by atoms with Crippen LogP contribution < -0.4 is 10.1 Å². The van der Waals surface area contributed by atoms with Crippen molar-refractivity contribution in [3.63, 3.8) is 0 Å². The van der Waals surface area contributed by atoms with E-state index in [4.69, 9.17) is 4.74 Å². The first-order valence-corrected chi connectivity index (χ1v) is 11.1. The number of hydrogen-bond donors (Lipinski definition) is 1. The van der Waals surface area contributed by atoms with E-state index in [0.29, 0.717) is 24.2 Å². The summed E-state index contributed by atoms with van der Waals surface area (Å²) in [6.45, 7) is 2.73. The molecule has 168 valence electrons. The molecule has 4 rings (SSSR count). The molecule has 3 amide bonds. The van der Waals surface area contributed by atoms with Gasteiger partial charge >= 0.3 is 0 Å². The molecule has 0 aliphatic carbocycles. The highest BCUT2D eigenvalue weighted by Gasteiger charge is 2.34. The summed E-state index contributed by atoms with van der Waals surface area (Å²) in [6.07, 6.45) is 0.593. The highest BCUT2D eigenvalue weighted by Crippen LogP contribution is 2.25. The fourth-order valence-electron chi connectivity index (χ4n) is 4.00. The van der Waals surface area contributed by atoms with Gasteiger partial charge in [0.1, 0.15) is 5.75 Å². The smallest absolute Gasteiger partial charge is 0.261 e. The predicted molar refractivity (Wildman–Crippen MR) is 125 cm³/mol. The molecular formula is C27H26N2O4. The fraction of sp³-hybridized carbons (Fsp3) is 0.222. The Balaban J connectivity index is 1.39. The van der Waals surface area contributed by atoms with Crippen LogP contribution >= 0.6 is 0 Å². The zero-order valence-corrected chi connectivity index (χ0v) is 18.5. The molecule has 0 radical (unpaired) electrons. The predicted octanol–water partition coefficient (Wildman–Crippen LogP) is 4.37. The van der Waals surface area contributed by atoms with Crippen LogP contribution in [0.5, 0.6) is 5.75 Å². The second kappa shape index (κ2) is 10.1. The Morgan fingerprint density at radius 2 is 1.42 bits per heavy atom. The zero-order chi connectivity index (χ0) is 23.2. The average molecular weight is 443 g/mol. The van der Waals surface area contributed by atoms with E-state index in [1.165, 1.54) is 4.90 Å². The maximum atomic E-state index is 12.8. The third-order valence-electron chi connectivity index (χ3n) is 5.63. The first kappa shape index (κ1) is 22.3. The van der Waals surface area contributed by atoms with Crippen molar-refractivity contribution in [1.82, 2.24) is 10.2 Å². The van der Waals surface area contributed by atoms with Crippen LogP contribution in [-0.4, -0.2) is 35.8 Å². The summed E-state index contributed by atoms with van der Waals surface area (Å²) in [5, 5.41) is 3.10. The number of imide groups is 1. The average Bonchev–Trinajstić information content (AvgIpc) is 3.09. The van der Waals surface area contributed by atoms with Crippen molar-refractivity contribution in [3.05, 3.63) is 101 Å². The maximum absolute atomic E-state index is 12.8. The molecule has 0 saturated carbocycles. The molecule has 1 N–H and O–H groups in total. The van der Waals surface area contributed by atoms with Crippen LogP contribution in [-0.2, 0) is 4.79 Å². The molecule has 1 unspecified atom stereocenters. The highest BCUT2D eigenvalue weighted by atomic mass is 16.5. The molecule has 3 aromatic carbocycles. The van der Waals surface area contributed by atoms with Crippen LogP contribution in [0.2, 0.25) is 0 Å². The fourth-order valence-corrected chi connectivity index (χ4v) is 4.00. The maximum Gasteiger partial charge on any atom is 0.261 e. The van der Waals surface area contributed by atoms with Crippen LogP contribution in [0.3, 0.4) is 0 Å². The Morgan fingerprint density at radius 3 is 2.03 bits per heavy atom. The molecule has 0 fully saturated rings. The molecule has 3 aromatic rings. The van der Waals surface area contributed by atoms with Crippen LogP contribution in [0, 0.1) is 0 Å². The number of amides is 3. The molecule has 1 aliphatic heterocycles. The van der Waals surface area contributed by atoms with E-state index < -0.39 is 0 Å². The number of carbonyl (C=O) groups is 3. The third kappa shape index (κ3) is 4.95. The molecule has 0 spiro atoms. The molecule has 6 heteroatoms. The zero-order valence-electron chi connectivity index (χ0n) is 18.5. The van der Waals surface area contributed by atoms with Gasteiger partial charge < -0.3 is 10.1 Å². The van der Waals surface area contributed by atoms with Crippen molar-refractivity contribution in [1.29, 1.82) is 0 Å². The number of rotatable bonds is 9. The first-order chi connectivity index (χ1) is 16.1. The first-order valence-electron chi connectivity index (χ1n) is 11.1. The minimum atomic E-state index is -0.311. The monoisotopic (exact) mass is 442 g/mol. The van der Waals surface area contributed by atoms with Gasteiger partial charge in [-0.05, 0) is 48.7 Å². The van der Waals surface area contributed by atoms with Gasteiger partial charge in [0.15, 0.2) is 0 Å². The summed E-state index contributed by atoms with van der Waals surface area (Å²) in [4.78, 5) is 39.0. The molecule has 1 heterocycles. The number of carbonyl (C=O) groups excluding carboxylic acids is 3. The second-order valence-electron chi connectivity index (χ2n) is 7.82. The van der Waals surface area contributed by atoms with Crippen molar-refractivity contribution < 1.29 is 19.1 Å². The summed E-state index contributed by atoms with van der Waals surface area (Å²) in [5.41, 5.74) is 2.76. The molecule has 0 saturated heterocycles. The topological polar surface area (TPSA) is 75.7 Å². The van der Waals surface area contributed by atoms with Crippen molar-refractivity contribution >= 4 is 17.7 Å². The molecule has 0 bridgehead atoms. The van der Waals surface area contributed by atoms with Gasteiger partial charge in [0.25, 0.3) is 11.8 Å². The normalized spacial score (nSPS) is 13.5. The van der Waals surface area contributed by atoms with Gasteiger partial charge in [-0.2, -0.15) is 0 Å². The molecule has 1 aliphatic rings. The van der Waals surface area contributed by atoms with E-state index in [-0.39, 0.29) is 36.7 Å². The SMILES string of the molecule is CCOc1ccc(C(NC(=O)CCCN2C(=O)c3ccccc3C2=O)c2ccccc2)cc1. The standard InChI is InChI=1S/C27H26N2O4/c1-2-33-21-16-14-20(15-17-21)25(19-9-4-3-5-10-19)28-24(30)13-8-18-29-26(31)22-11-6-7-12-23(22)27(29)32/h3-7,9-12,14-17,25H,2,8,13,18H2,1H3,(H,28,30). The van der Waals surface area contributed by atoms with Gasteiger partial charge in [0.2, 0.25) is 5.91 Å². The molecule has 6 nitrogen and oxygen atoms in total. The minimum absolute atomic E-state index is 0.144. The molecule has 33 heavy (non-hydrogen) atoms. The molecule has 1 atom stereocenters. The summed E-state index contributed by atoms with van der Waals surface area (Å²) >= 11 is 0. The van der Waals surface area contributed by atoms with Gasteiger partial charge in [-0.3, -0.25) is 19.3 Å². The Hall–Kier alpha value is -3.93. The summed E-state index contributed by atoms with van der Waals surface area (Å²) in [7, 11) is 0. The van der Waals surface area contributed by atoms with E-state index in [1.807, 2.05) is 61.5 Å². The number of nitrogens with one attached hydrogen (secondary N) is 1. The van der Waals surface area contributed by atoms with Gasteiger partial charge in [0, 0.05) is 13.0 Å². The third-order valence-corrected chi connectivity index (χ3v) is 5.63. The Morgan fingerprint density at radius 1 is 0.848 bits per heavy atom. The number of fused-ring (bicyclic) bond motifs is 1. The number of ether oxygens (including phenoxy) is 1. The van der Waals surface area contributed by atoms with Gasteiger partial charge in [-0.15, -0.1) is 0 Å². The van der Waals surface area contributed by atoms with Gasteiger partial charge in [-0.25, -0.2) is 0 Å². The summed E-state index contributed by atoms with van der Waals surface area (Å²) < 4.78 is 5.52. The second-order valence-corrected chi connectivity index (χ2v) is 7.82. The molecular weight excluding hydrogens is 416 g/mol. The lowest BCUT2D eigenvalue weighted by molar-refractivity contribution is -0.121. The van der Waals surface area contributed by atoms with E-state index in [0.717, 1.165) is 16.9 Å². The molecule has 0 aromatic heterocycles. The van der Waals surface area contributed by atoms with Crippen LogP contribution in [0.4, 0.5) is 0 Å². The lowest BCUT2D eigenvalue weighted by Crippen LogP contribution is -2.33. The van der Waals surface area contributed by atoms with Crippen molar-refractivity contribution in [3.8, 4) is 5.75 Å². The van der Waals surface area contributed by atoms with Crippen LogP contribution in [0.15, 0.2) is 78.9 Å².